The summed E-state index contributed by atoms with van der Waals surface area (Å²) in [4.78, 5) is 6.55. The molecule has 8 heteroatoms. The zero-order valence-corrected chi connectivity index (χ0v) is 12.7. The monoisotopic (exact) mass is 312 g/mol. The van der Waals surface area contributed by atoms with Crippen molar-refractivity contribution in [1.82, 2.24) is 9.29 Å². The van der Waals surface area contributed by atoms with Crippen LogP contribution in [0.2, 0.25) is 0 Å². The molecule has 0 saturated carbocycles. The third-order valence-electron chi connectivity index (χ3n) is 3.46. The molecule has 0 atom stereocenters. The van der Waals surface area contributed by atoms with E-state index in [1.807, 2.05) is 18.2 Å². The summed E-state index contributed by atoms with van der Waals surface area (Å²) >= 11 is 1.47. The van der Waals surface area contributed by atoms with Gasteiger partial charge >= 0.3 is 0 Å². The smallest absolute Gasteiger partial charge is 0.211 e. The van der Waals surface area contributed by atoms with Gasteiger partial charge in [-0.3, -0.25) is 0 Å². The topological polar surface area (TPSA) is 79.5 Å². The van der Waals surface area contributed by atoms with Crippen molar-refractivity contribution in [1.29, 1.82) is 0 Å². The lowest BCUT2D eigenvalue weighted by Crippen LogP contribution is -2.48. The number of aromatic nitrogens is 1. The molecule has 3 rings (SSSR count). The zero-order chi connectivity index (χ0) is 14.3. The van der Waals surface area contributed by atoms with Crippen LogP contribution in [0, 0.1) is 0 Å². The fraction of sp³-hybridized carbons (Fsp3) is 0.417. The highest BCUT2D eigenvalue weighted by atomic mass is 32.2. The van der Waals surface area contributed by atoms with E-state index in [9.17, 15) is 8.42 Å². The number of nitrogens with zero attached hydrogens (tertiary/aromatic N) is 3. The molecule has 1 aliphatic rings. The van der Waals surface area contributed by atoms with Crippen molar-refractivity contribution >= 4 is 42.4 Å². The quantitative estimate of drug-likeness (QED) is 0.893. The molecule has 1 aromatic carbocycles. The fourth-order valence-electron chi connectivity index (χ4n) is 2.47. The molecule has 0 bridgehead atoms. The van der Waals surface area contributed by atoms with E-state index in [0.29, 0.717) is 31.3 Å². The standard InChI is InChI=1S/C12H16N4O2S2/c1-20(17,18)16-7-5-15(6-8-16)9-3-2-4-10-11(9)14-12(13)19-10/h2-4H,5-8H2,1H3,(H2,13,14). The Hall–Kier alpha value is -1.38. The lowest BCUT2D eigenvalue weighted by molar-refractivity contribution is 0.388. The van der Waals surface area contributed by atoms with Crippen molar-refractivity contribution in [3.8, 4) is 0 Å². The minimum atomic E-state index is -3.10. The molecule has 20 heavy (non-hydrogen) atoms. The molecular formula is C12H16N4O2S2. The number of fused-ring (bicyclic) bond motifs is 1. The van der Waals surface area contributed by atoms with Crippen molar-refractivity contribution in [3.63, 3.8) is 0 Å². The second-order valence-electron chi connectivity index (χ2n) is 4.83. The first-order valence-electron chi connectivity index (χ1n) is 6.30. The van der Waals surface area contributed by atoms with Gasteiger partial charge in [-0.1, -0.05) is 17.4 Å². The molecule has 0 aliphatic carbocycles. The first-order chi connectivity index (χ1) is 9.45. The summed E-state index contributed by atoms with van der Waals surface area (Å²) in [5.41, 5.74) is 7.71. The molecule has 0 amide bonds. The predicted octanol–water partition coefficient (Wildman–Crippen LogP) is 0.960. The van der Waals surface area contributed by atoms with Crippen LogP contribution in [-0.4, -0.2) is 50.1 Å². The van der Waals surface area contributed by atoms with Crippen molar-refractivity contribution in [2.24, 2.45) is 0 Å². The molecule has 1 fully saturated rings. The summed E-state index contributed by atoms with van der Waals surface area (Å²) in [7, 11) is -3.10. The second-order valence-corrected chi connectivity index (χ2v) is 7.87. The average molecular weight is 312 g/mol. The molecule has 108 valence electrons. The Bertz CT molecular complexity index is 733. The molecule has 2 aromatic rings. The van der Waals surface area contributed by atoms with E-state index in [2.05, 4.69) is 9.88 Å². The number of para-hydroxylation sites is 1. The zero-order valence-electron chi connectivity index (χ0n) is 11.1. The van der Waals surface area contributed by atoms with E-state index < -0.39 is 10.0 Å². The van der Waals surface area contributed by atoms with Gasteiger partial charge in [0.2, 0.25) is 10.0 Å². The van der Waals surface area contributed by atoms with Gasteiger partial charge in [0.1, 0.15) is 5.52 Å². The summed E-state index contributed by atoms with van der Waals surface area (Å²) in [5.74, 6) is 0. The van der Waals surface area contributed by atoms with Gasteiger partial charge in [-0.2, -0.15) is 4.31 Å². The van der Waals surface area contributed by atoms with E-state index in [1.165, 1.54) is 21.9 Å². The van der Waals surface area contributed by atoms with Gasteiger partial charge in [0.05, 0.1) is 16.6 Å². The van der Waals surface area contributed by atoms with E-state index in [4.69, 9.17) is 5.73 Å². The summed E-state index contributed by atoms with van der Waals surface area (Å²) < 4.78 is 25.6. The van der Waals surface area contributed by atoms with Crippen molar-refractivity contribution in [2.75, 3.05) is 43.1 Å². The van der Waals surface area contributed by atoms with Crippen LogP contribution >= 0.6 is 11.3 Å². The van der Waals surface area contributed by atoms with Crippen LogP contribution in [0.3, 0.4) is 0 Å². The summed E-state index contributed by atoms with van der Waals surface area (Å²) in [5, 5.41) is 0.558. The highest BCUT2D eigenvalue weighted by molar-refractivity contribution is 7.88. The van der Waals surface area contributed by atoms with Gasteiger partial charge in [-0.25, -0.2) is 13.4 Å². The maximum atomic E-state index is 11.5. The summed E-state index contributed by atoms with van der Waals surface area (Å²) in [6.07, 6.45) is 1.25. The van der Waals surface area contributed by atoms with Gasteiger partial charge in [0.25, 0.3) is 0 Å². The first-order valence-corrected chi connectivity index (χ1v) is 8.97. The van der Waals surface area contributed by atoms with Gasteiger partial charge in [0.15, 0.2) is 5.13 Å². The number of anilines is 2. The van der Waals surface area contributed by atoms with Crippen LogP contribution in [-0.2, 0) is 10.0 Å². The van der Waals surface area contributed by atoms with E-state index in [0.717, 1.165) is 15.9 Å². The number of thiazole rings is 1. The van der Waals surface area contributed by atoms with Crippen molar-refractivity contribution in [3.05, 3.63) is 18.2 Å². The van der Waals surface area contributed by atoms with Crippen LogP contribution < -0.4 is 10.6 Å². The minimum Gasteiger partial charge on any atom is -0.375 e. The second kappa shape index (κ2) is 4.87. The van der Waals surface area contributed by atoms with Gasteiger partial charge in [0, 0.05) is 26.2 Å². The third-order valence-corrected chi connectivity index (χ3v) is 5.62. The summed E-state index contributed by atoms with van der Waals surface area (Å²) in [6.45, 7) is 2.36. The lowest BCUT2D eigenvalue weighted by Gasteiger charge is -2.34. The number of hydrogen-bond donors (Lipinski definition) is 1. The highest BCUT2D eigenvalue weighted by Gasteiger charge is 2.24. The molecule has 1 aliphatic heterocycles. The number of sulfonamides is 1. The van der Waals surface area contributed by atoms with E-state index in [1.54, 1.807) is 0 Å². The molecule has 0 radical (unpaired) electrons. The maximum Gasteiger partial charge on any atom is 0.211 e. The van der Waals surface area contributed by atoms with Crippen molar-refractivity contribution in [2.45, 2.75) is 0 Å². The molecule has 1 aromatic heterocycles. The van der Waals surface area contributed by atoms with Gasteiger partial charge in [-0.05, 0) is 12.1 Å². The highest BCUT2D eigenvalue weighted by Crippen LogP contribution is 2.32. The molecule has 2 heterocycles. The average Bonchev–Trinajstić information content (AvgIpc) is 2.78. The Labute approximate surface area is 121 Å². The van der Waals surface area contributed by atoms with E-state index in [-0.39, 0.29) is 0 Å². The van der Waals surface area contributed by atoms with Crippen LogP contribution in [0.4, 0.5) is 10.8 Å². The molecule has 2 N–H and O–H groups in total. The Morgan fingerprint density at radius 1 is 1.25 bits per heavy atom. The minimum absolute atomic E-state index is 0.509. The fourth-order valence-corrected chi connectivity index (χ4v) is 4.05. The summed E-state index contributed by atoms with van der Waals surface area (Å²) in [6, 6.07) is 6.00. The molecular weight excluding hydrogens is 296 g/mol. The van der Waals surface area contributed by atoms with Crippen LogP contribution in [0.15, 0.2) is 18.2 Å². The number of rotatable bonds is 2. The third kappa shape index (κ3) is 2.46. The van der Waals surface area contributed by atoms with Crippen LogP contribution in [0.5, 0.6) is 0 Å². The maximum absolute atomic E-state index is 11.5. The Morgan fingerprint density at radius 3 is 2.60 bits per heavy atom. The lowest BCUT2D eigenvalue weighted by atomic mass is 10.2. The Balaban J connectivity index is 1.87. The van der Waals surface area contributed by atoms with Crippen LogP contribution in [0.1, 0.15) is 0 Å². The van der Waals surface area contributed by atoms with Crippen LogP contribution in [0.25, 0.3) is 10.2 Å². The number of nitrogens with two attached hydrogens (primary N) is 1. The Kier molecular flexibility index (Phi) is 3.31. The molecule has 6 nitrogen and oxygen atoms in total. The number of nitrogen functional groups attached to an aromatic ring is 1. The number of benzene rings is 1. The van der Waals surface area contributed by atoms with Crippen molar-refractivity contribution < 1.29 is 8.42 Å². The Morgan fingerprint density at radius 2 is 1.95 bits per heavy atom. The first kappa shape index (κ1) is 13.6. The number of hydrogen-bond acceptors (Lipinski definition) is 6. The molecule has 0 spiro atoms. The molecule has 0 unspecified atom stereocenters. The largest absolute Gasteiger partial charge is 0.375 e. The predicted molar refractivity (Wildman–Crippen MR) is 82.7 cm³/mol. The normalized spacial score (nSPS) is 17.8. The molecule has 1 saturated heterocycles. The number of piperazine rings is 1. The van der Waals surface area contributed by atoms with Gasteiger partial charge in [-0.15, -0.1) is 0 Å². The van der Waals surface area contributed by atoms with E-state index >= 15 is 0 Å². The SMILES string of the molecule is CS(=O)(=O)N1CCN(c2cccc3sc(N)nc23)CC1. The van der Waals surface area contributed by atoms with Gasteiger partial charge < -0.3 is 10.6 Å².